The lowest BCUT2D eigenvalue weighted by molar-refractivity contribution is -0.0960. The molecular weight excluding hydrogens is 278 g/mol. The van der Waals surface area contributed by atoms with E-state index in [-0.39, 0.29) is 12.0 Å². The van der Waals surface area contributed by atoms with E-state index in [1.54, 1.807) is 0 Å². The molecule has 0 N–H and O–H groups in total. The zero-order valence-electron chi connectivity index (χ0n) is 11.9. The standard InChI is InChI=1S/C16H20F2O3/c17-13-2-1-3-14(15(13)18)21-10-11-4-6-12(7-5-11)16-19-8-9-20-16/h1-3,11-12,16H,4-10H2. The number of hydrogen-bond donors (Lipinski definition) is 0. The van der Waals surface area contributed by atoms with Crippen LogP contribution in [0.4, 0.5) is 8.78 Å². The van der Waals surface area contributed by atoms with Crippen LogP contribution >= 0.6 is 0 Å². The predicted molar refractivity (Wildman–Crippen MR) is 73.0 cm³/mol. The topological polar surface area (TPSA) is 27.7 Å². The van der Waals surface area contributed by atoms with Gasteiger partial charge in [-0.25, -0.2) is 4.39 Å². The van der Waals surface area contributed by atoms with Gasteiger partial charge >= 0.3 is 0 Å². The molecule has 1 aromatic rings. The molecule has 0 spiro atoms. The molecule has 1 heterocycles. The van der Waals surface area contributed by atoms with E-state index in [0.29, 0.717) is 31.7 Å². The molecule has 21 heavy (non-hydrogen) atoms. The van der Waals surface area contributed by atoms with Crippen molar-refractivity contribution in [2.45, 2.75) is 32.0 Å². The predicted octanol–water partition coefficient (Wildman–Crippen LogP) is 3.52. The molecule has 5 heteroatoms. The number of hydrogen-bond acceptors (Lipinski definition) is 3. The average Bonchev–Trinajstić information content (AvgIpc) is 3.04. The molecule has 0 unspecified atom stereocenters. The SMILES string of the molecule is Fc1cccc(OCC2CCC(C3OCCO3)CC2)c1F. The Kier molecular flexibility index (Phi) is 4.70. The number of benzene rings is 1. The Morgan fingerprint density at radius 3 is 2.48 bits per heavy atom. The summed E-state index contributed by atoms with van der Waals surface area (Å²) in [5.41, 5.74) is 0. The first-order valence-electron chi connectivity index (χ1n) is 7.54. The molecule has 1 aliphatic heterocycles. The van der Waals surface area contributed by atoms with Gasteiger partial charge in [0.15, 0.2) is 17.9 Å². The van der Waals surface area contributed by atoms with Crippen LogP contribution in [0.1, 0.15) is 25.7 Å². The molecule has 0 atom stereocenters. The van der Waals surface area contributed by atoms with Crippen LogP contribution in [-0.4, -0.2) is 26.1 Å². The summed E-state index contributed by atoms with van der Waals surface area (Å²) < 4.78 is 43.1. The van der Waals surface area contributed by atoms with E-state index in [2.05, 4.69) is 0 Å². The number of rotatable bonds is 4. The van der Waals surface area contributed by atoms with Gasteiger partial charge in [-0.05, 0) is 43.7 Å². The molecule has 3 nitrogen and oxygen atoms in total. The van der Waals surface area contributed by atoms with E-state index >= 15 is 0 Å². The first-order valence-corrected chi connectivity index (χ1v) is 7.54. The summed E-state index contributed by atoms with van der Waals surface area (Å²) in [5.74, 6) is -0.940. The van der Waals surface area contributed by atoms with Crippen LogP contribution in [0.2, 0.25) is 0 Å². The highest BCUT2D eigenvalue weighted by atomic mass is 19.2. The van der Waals surface area contributed by atoms with Crippen molar-refractivity contribution >= 4 is 0 Å². The van der Waals surface area contributed by atoms with Crippen LogP contribution in [0, 0.1) is 23.5 Å². The van der Waals surface area contributed by atoms with Gasteiger partial charge in [-0.2, -0.15) is 4.39 Å². The second-order valence-electron chi connectivity index (χ2n) is 5.75. The van der Waals surface area contributed by atoms with E-state index in [9.17, 15) is 8.78 Å². The Hall–Kier alpha value is -1.20. The Morgan fingerprint density at radius 2 is 1.76 bits per heavy atom. The first kappa shape index (κ1) is 14.7. The van der Waals surface area contributed by atoms with Crippen molar-refractivity contribution < 1.29 is 23.0 Å². The van der Waals surface area contributed by atoms with Gasteiger partial charge in [0, 0.05) is 5.92 Å². The minimum Gasteiger partial charge on any atom is -0.490 e. The molecule has 1 saturated heterocycles. The molecule has 3 rings (SSSR count). The van der Waals surface area contributed by atoms with Gasteiger partial charge in [-0.3, -0.25) is 0 Å². The van der Waals surface area contributed by atoms with Gasteiger partial charge in [0.1, 0.15) is 0 Å². The fourth-order valence-electron chi connectivity index (χ4n) is 3.08. The van der Waals surface area contributed by atoms with Gasteiger partial charge in [-0.15, -0.1) is 0 Å². The number of halogens is 2. The van der Waals surface area contributed by atoms with Crippen molar-refractivity contribution in [2.24, 2.45) is 11.8 Å². The Bertz CT molecular complexity index is 467. The molecule has 0 bridgehead atoms. The maximum absolute atomic E-state index is 13.5. The first-order chi connectivity index (χ1) is 10.2. The van der Waals surface area contributed by atoms with Crippen molar-refractivity contribution in [3.8, 4) is 5.75 Å². The van der Waals surface area contributed by atoms with E-state index in [4.69, 9.17) is 14.2 Å². The highest BCUT2D eigenvalue weighted by Crippen LogP contribution is 2.34. The van der Waals surface area contributed by atoms with Gasteiger partial charge < -0.3 is 14.2 Å². The van der Waals surface area contributed by atoms with Gasteiger partial charge in [0.25, 0.3) is 0 Å². The molecule has 1 aromatic carbocycles. The van der Waals surface area contributed by atoms with Crippen LogP contribution in [0.5, 0.6) is 5.75 Å². The van der Waals surface area contributed by atoms with Crippen molar-refractivity contribution in [3.05, 3.63) is 29.8 Å². The quantitative estimate of drug-likeness (QED) is 0.851. The lowest BCUT2D eigenvalue weighted by Gasteiger charge is -2.30. The molecule has 116 valence electrons. The van der Waals surface area contributed by atoms with Crippen LogP contribution < -0.4 is 4.74 Å². The third-order valence-electron chi connectivity index (χ3n) is 4.31. The molecule has 0 amide bonds. The van der Waals surface area contributed by atoms with E-state index in [1.165, 1.54) is 12.1 Å². The smallest absolute Gasteiger partial charge is 0.200 e. The highest BCUT2D eigenvalue weighted by Gasteiger charge is 2.31. The molecule has 0 aromatic heterocycles. The van der Waals surface area contributed by atoms with E-state index in [1.807, 2.05) is 0 Å². The van der Waals surface area contributed by atoms with E-state index < -0.39 is 11.6 Å². The van der Waals surface area contributed by atoms with Crippen molar-refractivity contribution in [1.82, 2.24) is 0 Å². The molecule has 1 aliphatic carbocycles. The lowest BCUT2D eigenvalue weighted by atomic mass is 9.82. The lowest BCUT2D eigenvalue weighted by Crippen LogP contribution is -2.28. The maximum Gasteiger partial charge on any atom is 0.200 e. The van der Waals surface area contributed by atoms with Crippen molar-refractivity contribution in [3.63, 3.8) is 0 Å². The van der Waals surface area contributed by atoms with Crippen molar-refractivity contribution in [1.29, 1.82) is 0 Å². The molecule has 2 aliphatic rings. The Morgan fingerprint density at radius 1 is 1.05 bits per heavy atom. The third-order valence-corrected chi connectivity index (χ3v) is 4.31. The van der Waals surface area contributed by atoms with Crippen LogP contribution in [0.3, 0.4) is 0 Å². The van der Waals surface area contributed by atoms with Crippen LogP contribution in [0.15, 0.2) is 18.2 Å². The zero-order chi connectivity index (χ0) is 14.7. The molecular formula is C16H20F2O3. The minimum absolute atomic E-state index is 0.000386. The summed E-state index contributed by atoms with van der Waals surface area (Å²) in [7, 11) is 0. The summed E-state index contributed by atoms with van der Waals surface area (Å²) in [4.78, 5) is 0. The maximum atomic E-state index is 13.5. The zero-order valence-corrected chi connectivity index (χ0v) is 11.9. The fourth-order valence-corrected chi connectivity index (χ4v) is 3.08. The molecule has 0 radical (unpaired) electrons. The Labute approximate surface area is 123 Å². The largest absolute Gasteiger partial charge is 0.490 e. The van der Waals surface area contributed by atoms with Gasteiger partial charge in [0.05, 0.1) is 19.8 Å². The second kappa shape index (κ2) is 6.71. The molecule has 1 saturated carbocycles. The number of ether oxygens (including phenoxy) is 3. The average molecular weight is 298 g/mol. The highest BCUT2D eigenvalue weighted by molar-refractivity contribution is 5.25. The van der Waals surface area contributed by atoms with Crippen LogP contribution in [-0.2, 0) is 9.47 Å². The normalized spacial score (nSPS) is 27.0. The van der Waals surface area contributed by atoms with Crippen LogP contribution in [0.25, 0.3) is 0 Å². The van der Waals surface area contributed by atoms with E-state index in [0.717, 1.165) is 31.7 Å². The summed E-state index contributed by atoms with van der Waals surface area (Å²) in [5, 5.41) is 0. The van der Waals surface area contributed by atoms with Gasteiger partial charge in [0.2, 0.25) is 5.82 Å². The summed E-state index contributed by atoms with van der Waals surface area (Å²) >= 11 is 0. The minimum atomic E-state index is -0.904. The monoisotopic (exact) mass is 298 g/mol. The Balaban J connectivity index is 1.46. The molecule has 2 fully saturated rings. The fraction of sp³-hybridized carbons (Fsp3) is 0.625. The second-order valence-corrected chi connectivity index (χ2v) is 5.75. The van der Waals surface area contributed by atoms with Crippen molar-refractivity contribution in [2.75, 3.05) is 19.8 Å². The third kappa shape index (κ3) is 3.52. The summed E-state index contributed by atoms with van der Waals surface area (Å²) in [6.45, 7) is 1.80. The van der Waals surface area contributed by atoms with Gasteiger partial charge in [-0.1, -0.05) is 6.07 Å². The summed E-state index contributed by atoms with van der Waals surface area (Å²) in [6, 6.07) is 4.01. The summed E-state index contributed by atoms with van der Waals surface area (Å²) in [6.07, 6.45) is 4.03.